The van der Waals surface area contributed by atoms with Crippen molar-refractivity contribution in [1.29, 1.82) is 0 Å². The Labute approximate surface area is 114 Å². The Hall–Kier alpha value is -1.78. The number of nitrogens with two attached hydrogens (primary N) is 1. The standard InChI is InChI=1S/C14H23N5/c1-19(2)13-8-4-7-12(18-13)10-17-14(15)16-9-11-5-3-6-11/h4,7-8,11H,3,5-6,9-10H2,1-2H3,(H3,15,16,17). The van der Waals surface area contributed by atoms with Crippen LogP contribution in [-0.4, -0.2) is 31.6 Å². The van der Waals surface area contributed by atoms with E-state index in [9.17, 15) is 0 Å². The van der Waals surface area contributed by atoms with Gasteiger partial charge in [-0.1, -0.05) is 12.5 Å². The zero-order valence-corrected chi connectivity index (χ0v) is 11.8. The summed E-state index contributed by atoms with van der Waals surface area (Å²) in [7, 11) is 3.95. The Morgan fingerprint density at radius 2 is 2.26 bits per heavy atom. The molecule has 0 atom stereocenters. The van der Waals surface area contributed by atoms with Gasteiger partial charge in [0, 0.05) is 20.6 Å². The molecule has 0 unspecified atom stereocenters. The zero-order valence-electron chi connectivity index (χ0n) is 11.8. The lowest BCUT2D eigenvalue weighted by molar-refractivity contribution is 0.315. The summed E-state index contributed by atoms with van der Waals surface area (Å²) in [5.41, 5.74) is 6.78. The SMILES string of the molecule is CN(C)c1cccc(CN=C(N)NCC2CCC2)n1. The van der Waals surface area contributed by atoms with Crippen LogP contribution in [0.4, 0.5) is 5.82 Å². The molecule has 3 N–H and O–H groups in total. The van der Waals surface area contributed by atoms with Crippen LogP contribution < -0.4 is 16.0 Å². The molecule has 2 rings (SSSR count). The molecule has 0 bridgehead atoms. The Kier molecular flexibility index (Phi) is 4.60. The van der Waals surface area contributed by atoms with E-state index in [1.807, 2.05) is 37.2 Å². The van der Waals surface area contributed by atoms with E-state index >= 15 is 0 Å². The summed E-state index contributed by atoms with van der Waals surface area (Å²) in [6, 6.07) is 5.94. The number of guanidine groups is 1. The van der Waals surface area contributed by atoms with Crippen molar-refractivity contribution in [3.8, 4) is 0 Å². The van der Waals surface area contributed by atoms with Crippen molar-refractivity contribution in [3.05, 3.63) is 23.9 Å². The number of aromatic nitrogens is 1. The molecule has 0 aliphatic heterocycles. The number of hydrogen-bond donors (Lipinski definition) is 2. The fourth-order valence-electron chi connectivity index (χ4n) is 1.97. The van der Waals surface area contributed by atoms with Crippen LogP contribution in [0.1, 0.15) is 25.0 Å². The second-order valence-electron chi connectivity index (χ2n) is 5.26. The predicted octanol–water partition coefficient (Wildman–Crippen LogP) is 1.35. The molecule has 1 fully saturated rings. The number of aliphatic imine (C=N–C) groups is 1. The first-order valence-corrected chi connectivity index (χ1v) is 6.82. The van der Waals surface area contributed by atoms with Crippen LogP contribution in [0.2, 0.25) is 0 Å². The first kappa shape index (κ1) is 13.6. The van der Waals surface area contributed by atoms with Crippen LogP contribution in [0.3, 0.4) is 0 Å². The molecule has 0 aromatic carbocycles. The third kappa shape index (κ3) is 4.12. The number of hydrogen-bond acceptors (Lipinski definition) is 3. The van der Waals surface area contributed by atoms with Gasteiger partial charge in [0.25, 0.3) is 0 Å². The first-order valence-electron chi connectivity index (χ1n) is 6.82. The number of rotatable bonds is 5. The van der Waals surface area contributed by atoms with Gasteiger partial charge in [-0.3, -0.25) is 0 Å². The molecule has 0 amide bonds. The molecule has 1 aromatic rings. The summed E-state index contributed by atoms with van der Waals surface area (Å²) in [6.07, 6.45) is 3.98. The molecule has 1 heterocycles. The van der Waals surface area contributed by atoms with Crippen molar-refractivity contribution in [3.63, 3.8) is 0 Å². The third-order valence-electron chi connectivity index (χ3n) is 3.46. The number of nitrogens with zero attached hydrogens (tertiary/aromatic N) is 3. The van der Waals surface area contributed by atoms with Crippen LogP contribution in [0, 0.1) is 5.92 Å². The van der Waals surface area contributed by atoms with E-state index in [0.29, 0.717) is 12.5 Å². The Morgan fingerprint density at radius 3 is 2.89 bits per heavy atom. The normalized spacial score (nSPS) is 16.0. The maximum Gasteiger partial charge on any atom is 0.188 e. The van der Waals surface area contributed by atoms with Crippen molar-refractivity contribution < 1.29 is 0 Å². The van der Waals surface area contributed by atoms with E-state index in [-0.39, 0.29) is 0 Å². The summed E-state index contributed by atoms with van der Waals surface area (Å²) in [6.45, 7) is 1.46. The maximum absolute atomic E-state index is 5.85. The minimum Gasteiger partial charge on any atom is -0.370 e. The quantitative estimate of drug-likeness (QED) is 0.620. The molecule has 5 heteroatoms. The smallest absolute Gasteiger partial charge is 0.188 e. The minimum atomic E-state index is 0.518. The van der Waals surface area contributed by atoms with Crippen molar-refractivity contribution in [2.24, 2.45) is 16.6 Å². The van der Waals surface area contributed by atoms with Crippen molar-refractivity contribution in [1.82, 2.24) is 10.3 Å². The molecule has 19 heavy (non-hydrogen) atoms. The molecule has 1 aromatic heterocycles. The van der Waals surface area contributed by atoms with Gasteiger partial charge >= 0.3 is 0 Å². The highest BCUT2D eigenvalue weighted by Crippen LogP contribution is 2.24. The van der Waals surface area contributed by atoms with Gasteiger partial charge in [-0.2, -0.15) is 0 Å². The van der Waals surface area contributed by atoms with Gasteiger partial charge in [-0.25, -0.2) is 9.98 Å². The number of anilines is 1. The molecule has 1 aliphatic rings. The van der Waals surface area contributed by atoms with Gasteiger partial charge in [-0.05, 0) is 30.9 Å². The average Bonchev–Trinajstić information content (AvgIpc) is 2.35. The summed E-state index contributed by atoms with van der Waals surface area (Å²) in [5.74, 6) is 2.24. The van der Waals surface area contributed by atoms with Gasteiger partial charge in [0.05, 0.1) is 12.2 Å². The molecular formula is C14H23N5. The van der Waals surface area contributed by atoms with Crippen molar-refractivity contribution in [2.75, 3.05) is 25.5 Å². The topological polar surface area (TPSA) is 66.5 Å². The van der Waals surface area contributed by atoms with E-state index in [2.05, 4.69) is 15.3 Å². The monoisotopic (exact) mass is 261 g/mol. The summed E-state index contributed by atoms with van der Waals surface area (Å²) in [4.78, 5) is 10.8. The molecule has 5 nitrogen and oxygen atoms in total. The lowest BCUT2D eigenvalue weighted by atomic mass is 9.85. The van der Waals surface area contributed by atoms with Crippen LogP contribution in [0.25, 0.3) is 0 Å². The molecule has 1 saturated carbocycles. The molecule has 0 radical (unpaired) electrons. The van der Waals surface area contributed by atoms with E-state index in [1.54, 1.807) is 0 Å². The zero-order chi connectivity index (χ0) is 13.7. The number of nitrogens with one attached hydrogen (secondary N) is 1. The average molecular weight is 261 g/mol. The highest BCUT2D eigenvalue weighted by atomic mass is 15.1. The van der Waals surface area contributed by atoms with Gasteiger partial charge in [0.2, 0.25) is 0 Å². The molecular weight excluding hydrogens is 238 g/mol. The summed E-state index contributed by atoms with van der Waals surface area (Å²) in [5, 5.41) is 3.18. The molecule has 1 aliphatic carbocycles. The summed E-state index contributed by atoms with van der Waals surface area (Å²) >= 11 is 0. The maximum atomic E-state index is 5.85. The predicted molar refractivity (Wildman–Crippen MR) is 79.2 cm³/mol. The Morgan fingerprint density at radius 1 is 1.47 bits per heavy atom. The Balaban J connectivity index is 1.83. The van der Waals surface area contributed by atoms with Gasteiger partial charge in [-0.15, -0.1) is 0 Å². The Bertz CT molecular complexity index is 437. The van der Waals surface area contributed by atoms with Crippen LogP contribution >= 0.6 is 0 Å². The van der Waals surface area contributed by atoms with E-state index in [1.165, 1.54) is 19.3 Å². The van der Waals surface area contributed by atoms with E-state index in [4.69, 9.17) is 5.73 Å². The molecule has 104 valence electrons. The van der Waals surface area contributed by atoms with Crippen LogP contribution in [0.5, 0.6) is 0 Å². The van der Waals surface area contributed by atoms with E-state index in [0.717, 1.165) is 24.0 Å². The highest BCUT2D eigenvalue weighted by Gasteiger charge is 2.16. The van der Waals surface area contributed by atoms with E-state index < -0.39 is 0 Å². The van der Waals surface area contributed by atoms with Crippen molar-refractivity contribution >= 4 is 11.8 Å². The van der Waals surface area contributed by atoms with Gasteiger partial charge in [0.15, 0.2) is 5.96 Å². The fourth-order valence-corrected chi connectivity index (χ4v) is 1.97. The first-order chi connectivity index (χ1) is 9.15. The summed E-state index contributed by atoms with van der Waals surface area (Å²) < 4.78 is 0. The van der Waals surface area contributed by atoms with Crippen molar-refractivity contribution in [2.45, 2.75) is 25.8 Å². The fraction of sp³-hybridized carbons (Fsp3) is 0.571. The minimum absolute atomic E-state index is 0.518. The molecule has 0 saturated heterocycles. The lowest BCUT2D eigenvalue weighted by Gasteiger charge is -2.25. The van der Waals surface area contributed by atoms with Gasteiger partial charge < -0.3 is 16.0 Å². The van der Waals surface area contributed by atoms with Crippen LogP contribution in [-0.2, 0) is 6.54 Å². The second kappa shape index (κ2) is 6.41. The lowest BCUT2D eigenvalue weighted by Crippen LogP contribution is -2.37. The third-order valence-corrected chi connectivity index (χ3v) is 3.46. The largest absolute Gasteiger partial charge is 0.370 e. The molecule has 0 spiro atoms. The van der Waals surface area contributed by atoms with Crippen LogP contribution in [0.15, 0.2) is 23.2 Å². The highest BCUT2D eigenvalue weighted by molar-refractivity contribution is 5.77. The number of pyridine rings is 1. The van der Waals surface area contributed by atoms with Gasteiger partial charge in [0.1, 0.15) is 5.82 Å². The second-order valence-corrected chi connectivity index (χ2v) is 5.26.